The van der Waals surface area contributed by atoms with Gasteiger partial charge in [-0.25, -0.2) is 0 Å². The minimum atomic E-state index is 1.05. The zero-order valence-electron chi connectivity index (χ0n) is 14.4. The normalized spacial score (nSPS) is 10.9. The summed E-state index contributed by atoms with van der Waals surface area (Å²) in [6.07, 6.45) is 3.90. The third-order valence-electron chi connectivity index (χ3n) is 4.24. The van der Waals surface area contributed by atoms with Crippen molar-refractivity contribution in [3.63, 3.8) is 0 Å². The van der Waals surface area contributed by atoms with Gasteiger partial charge >= 0.3 is 0 Å². The third kappa shape index (κ3) is 3.60. The highest BCUT2D eigenvalue weighted by Crippen LogP contribution is 2.23. The van der Waals surface area contributed by atoms with Crippen molar-refractivity contribution in [2.24, 2.45) is 5.10 Å². The first-order valence-corrected chi connectivity index (χ1v) is 8.66. The molecule has 2 nitrogen and oxygen atoms in total. The number of rotatable bonds is 4. The number of aromatic nitrogens is 1. The van der Waals surface area contributed by atoms with Crippen LogP contribution < -0.4 is 4.68 Å². The minimum Gasteiger partial charge on any atom is -0.0622 e. The van der Waals surface area contributed by atoms with E-state index in [1.54, 1.807) is 0 Å². The Morgan fingerprint density at radius 3 is 1.81 bits per heavy atom. The van der Waals surface area contributed by atoms with Crippen molar-refractivity contribution in [1.29, 1.82) is 0 Å². The van der Waals surface area contributed by atoms with Crippen LogP contribution in [-0.4, -0.2) is 6.21 Å². The molecular weight excluding hydrogens is 316 g/mol. The van der Waals surface area contributed by atoms with Gasteiger partial charge in [0.15, 0.2) is 0 Å². The van der Waals surface area contributed by atoms with Crippen LogP contribution in [-0.2, 0) is 0 Å². The van der Waals surface area contributed by atoms with Gasteiger partial charge in [0.05, 0.1) is 0 Å². The van der Waals surface area contributed by atoms with Crippen molar-refractivity contribution in [1.82, 2.24) is 0 Å². The molecule has 124 valence electrons. The van der Waals surface area contributed by atoms with Crippen LogP contribution in [0.1, 0.15) is 5.56 Å². The predicted molar refractivity (Wildman–Crippen MR) is 107 cm³/mol. The summed E-state index contributed by atoms with van der Waals surface area (Å²) in [7, 11) is 0. The summed E-state index contributed by atoms with van der Waals surface area (Å²) in [4.78, 5) is 0. The van der Waals surface area contributed by atoms with Crippen molar-refractivity contribution in [3.8, 4) is 22.4 Å². The van der Waals surface area contributed by atoms with E-state index in [4.69, 9.17) is 0 Å². The lowest BCUT2D eigenvalue weighted by Gasteiger charge is -2.04. The molecule has 0 saturated carbocycles. The molecule has 0 aliphatic carbocycles. The molecule has 0 saturated heterocycles. The minimum absolute atomic E-state index is 1.05. The molecule has 2 heteroatoms. The fraction of sp³-hybridized carbons (Fsp3) is 0. The highest BCUT2D eigenvalue weighted by molar-refractivity contribution is 5.79. The summed E-state index contributed by atoms with van der Waals surface area (Å²) in [6, 6.07) is 35.2. The SMILES string of the molecule is C(=N/[n+]1ccc(-c2ccccc2)cc1-c1ccccc1)/c1ccccc1. The van der Waals surface area contributed by atoms with Crippen molar-refractivity contribution in [2.75, 3.05) is 0 Å². The Morgan fingerprint density at radius 1 is 0.577 bits per heavy atom. The molecule has 0 bridgehead atoms. The Kier molecular flexibility index (Phi) is 4.66. The molecule has 0 atom stereocenters. The van der Waals surface area contributed by atoms with Crippen LogP contribution in [0.3, 0.4) is 0 Å². The van der Waals surface area contributed by atoms with Crippen molar-refractivity contribution >= 4 is 6.21 Å². The molecule has 0 unspecified atom stereocenters. The molecule has 4 aromatic rings. The van der Waals surface area contributed by atoms with Crippen LogP contribution in [0.4, 0.5) is 0 Å². The maximum Gasteiger partial charge on any atom is 0.245 e. The Balaban J connectivity index is 1.79. The van der Waals surface area contributed by atoms with Gasteiger partial charge in [-0.05, 0) is 33.9 Å². The Hall–Kier alpha value is -3.52. The average Bonchev–Trinajstić information content (AvgIpc) is 2.74. The fourth-order valence-electron chi connectivity index (χ4n) is 2.90. The van der Waals surface area contributed by atoms with E-state index in [2.05, 4.69) is 65.8 Å². The van der Waals surface area contributed by atoms with E-state index in [-0.39, 0.29) is 0 Å². The number of pyridine rings is 1. The lowest BCUT2D eigenvalue weighted by Crippen LogP contribution is -2.30. The first-order chi connectivity index (χ1) is 12.9. The molecular formula is C24H19N2+. The molecule has 0 fully saturated rings. The van der Waals surface area contributed by atoms with E-state index in [1.807, 2.05) is 59.6 Å². The monoisotopic (exact) mass is 335 g/mol. The molecule has 1 aromatic heterocycles. The van der Waals surface area contributed by atoms with Crippen molar-refractivity contribution in [2.45, 2.75) is 0 Å². The van der Waals surface area contributed by atoms with Crippen LogP contribution in [0, 0.1) is 0 Å². The molecule has 4 rings (SSSR count). The van der Waals surface area contributed by atoms with E-state index in [1.165, 1.54) is 11.1 Å². The number of nitrogens with zero attached hydrogens (tertiary/aromatic N) is 2. The van der Waals surface area contributed by atoms with Crippen LogP contribution in [0.5, 0.6) is 0 Å². The van der Waals surface area contributed by atoms with Gasteiger partial charge < -0.3 is 0 Å². The highest BCUT2D eigenvalue weighted by atomic mass is 15.3. The smallest absolute Gasteiger partial charge is 0.0622 e. The van der Waals surface area contributed by atoms with Gasteiger partial charge in [0.1, 0.15) is 6.21 Å². The third-order valence-corrected chi connectivity index (χ3v) is 4.24. The van der Waals surface area contributed by atoms with E-state index < -0.39 is 0 Å². The topological polar surface area (TPSA) is 16.2 Å². The number of hydrogen-bond acceptors (Lipinski definition) is 1. The zero-order valence-corrected chi connectivity index (χ0v) is 14.4. The zero-order chi connectivity index (χ0) is 17.6. The molecule has 0 aliphatic heterocycles. The maximum absolute atomic E-state index is 4.68. The summed E-state index contributed by atoms with van der Waals surface area (Å²) in [5.41, 5.74) is 5.64. The lowest BCUT2D eigenvalue weighted by molar-refractivity contribution is -0.667. The molecule has 0 spiro atoms. The average molecular weight is 335 g/mol. The number of hydrogen-bond donors (Lipinski definition) is 0. The second-order valence-corrected chi connectivity index (χ2v) is 6.03. The Morgan fingerprint density at radius 2 is 1.15 bits per heavy atom. The first-order valence-electron chi connectivity index (χ1n) is 8.66. The number of benzene rings is 3. The highest BCUT2D eigenvalue weighted by Gasteiger charge is 2.14. The van der Waals surface area contributed by atoms with Crippen molar-refractivity contribution in [3.05, 3.63) is 115 Å². The van der Waals surface area contributed by atoms with E-state index in [9.17, 15) is 0 Å². The molecule has 0 N–H and O–H groups in total. The van der Waals surface area contributed by atoms with Crippen LogP contribution in [0.2, 0.25) is 0 Å². The standard InChI is InChI=1S/C24H19N2/c1-4-10-20(11-5-1)19-25-26-17-16-23(21-12-6-2-7-13-21)18-24(26)22-14-8-3-9-15-22/h1-19H/q+1/b25-19-. The summed E-state index contributed by atoms with van der Waals surface area (Å²) < 4.78 is 1.93. The molecule has 1 heterocycles. The largest absolute Gasteiger partial charge is 0.245 e. The molecule has 26 heavy (non-hydrogen) atoms. The van der Waals surface area contributed by atoms with Crippen LogP contribution >= 0.6 is 0 Å². The molecule has 3 aromatic carbocycles. The maximum atomic E-state index is 4.68. The second-order valence-electron chi connectivity index (χ2n) is 6.03. The lowest BCUT2D eigenvalue weighted by atomic mass is 10.0. The van der Waals surface area contributed by atoms with Gasteiger partial charge in [0.2, 0.25) is 11.9 Å². The molecule has 0 radical (unpaired) electrons. The van der Waals surface area contributed by atoms with Gasteiger partial charge in [0, 0.05) is 17.7 Å². The summed E-state index contributed by atoms with van der Waals surface area (Å²) in [5.74, 6) is 0. The van der Waals surface area contributed by atoms with Crippen LogP contribution in [0.15, 0.2) is 114 Å². The quantitative estimate of drug-likeness (QED) is 0.360. The van der Waals surface area contributed by atoms with Gasteiger partial charge in [-0.2, -0.15) is 0 Å². The van der Waals surface area contributed by atoms with Gasteiger partial charge in [-0.15, -0.1) is 0 Å². The van der Waals surface area contributed by atoms with Gasteiger partial charge in [0.25, 0.3) is 0 Å². The van der Waals surface area contributed by atoms with Crippen LogP contribution in [0.25, 0.3) is 22.4 Å². The Bertz CT molecular complexity index is 1010. The predicted octanol–water partition coefficient (Wildman–Crippen LogP) is 5.19. The van der Waals surface area contributed by atoms with Gasteiger partial charge in [-0.1, -0.05) is 83.5 Å². The van der Waals surface area contributed by atoms with Gasteiger partial charge in [-0.3, -0.25) is 0 Å². The summed E-state index contributed by atoms with van der Waals surface area (Å²) in [6.45, 7) is 0. The van der Waals surface area contributed by atoms with E-state index >= 15 is 0 Å². The molecule has 0 amide bonds. The summed E-state index contributed by atoms with van der Waals surface area (Å²) >= 11 is 0. The fourth-order valence-corrected chi connectivity index (χ4v) is 2.90. The summed E-state index contributed by atoms with van der Waals surface area (Å²) in [5, 5.41) is 4.68. The van der Waals surface area contributed by atoms with Crippen molar-refractivity contribution < 1.29 is 4.68 Å². The van der Waals surface area contributed by atoms with E-state index in [0.717, 1.165) is 16.8 Å². The Labute approximate surface area is 153 Å². The molecule has 0 aliphatic rings. The second kappa shape index (κ2) is 7.58. The first kappa shape index (κ1) is 16.0. The van der Waals surface area contributed by atoms with E-state index in [0.29, 0.717) is 0 Å².